The van der Waals surface area contributed by atoms with Gasteiger partial charge in [-0.05, 0) is 36.6 Å². The number of carboxylic acids is 1. The van der Waals surface area contributed by atoms with Crippen molar-refractivity contribution in [1.29, 1.82) is 0 Å². The van der Waals surface area contributed by atoms with Gasteiger partial charge in [0.05, 0.1) is 6.42 Å². The van der Waals surface area contributed by atoms with E-state index in [4.69, 9.17) is 10.3 Å². The van der Waals surface area contributed by atoms with Crippen LogP contribution in [0.3, 0.4) is 0 Å². The SMILES string of the molecule is CCN(C(=O)C(CCC(=O)NO)CC(=O)O)c1ccc(-c2ccccc2)cc1. The lowest BCUT2D eigenvalue weighted by atomic mass is 9.97. The summed E-state index contributed by atoms with van der Waals surface area (Å²) in [4.78, 5) is 36.9. The van der Waals surface area contributed by atoms with Crippen molar-refractivity contribution in [2.24, 2.45) is 5.92 Å². The van der Waals surface area contributed by atoms with Crippen LogP contribution in [0.5, 0.6) is 0 Å². The summed E-state index contributed by atoms with van der Waals surface area (Å²) in [6.45, 7) is 2.17. The van der Waals surface area contributed by atoms with E-state index in [-0.39, 0.29) is 25.2 Å². The monoisotopic (exact) mass is 384 g/mol. The molecule has 0 aliphatic heterocycles. The molecule has 0 bridgehead atoms. The first-order valence-electron chi connectivity index (χ1n) is 9.07. The fourth-order valence-electron chi connectivity index (χ4n) is 3.04. The number of aliphatic carboxylic acids is 1. The minimum atomic E-state index is -1.11. The van der Waals surface area contributed by atoms with Gasteiger partial charge in [0.15, 0.2) is 0 Å². The van der Waals surface area contributed by atoms with Crippen LogP contribution in [0.1, 0.15) is 26.2 Å². The zero-order valence-corrected chi connectivity index (χ0v) is 15.7. The Kier molecular flexibility index (Phi) is 7.71. The third-order valence-electron chi connectivity index (χ3n) is 4.48. The fourth-order valence-corrected chi connectivity index (χ4v) is 3.04. The van der Waals surface area contributed by atoms with Crippen LogP contribution in [-0.2, 0) is 14.4 Å². The van der Waals surface area contributed by atoms with Crippen LogP contribution in [0.2, 0.25) is 0 Å². The minimum Gasteiger partial charge on any atom is -0.481 e. The quantitative estimate of drug-likeness (QED) is 0.455. The third kappa shape index (κ3) is 5.65. The highest BCUT2D eigenvalue weighted by Crippen LogP contribution is 2.25. The van der Waals surface area contributed by atoms with E-state index < -0.39 is 17.8 Å². The predicted molar refractivity (Wildman–Crippen MR) is 105 cm³/mol. The van der Waals surface area contributed by atoms with Crippen molar-refractivity contribution in [3.05, 3.63) is 54.6 Å². The second kappa shape index (κ2) is 10.2. The summed E-state index contributed by atoms with van der Waals surface area (Å²) in [5.41, 5.74) is 4.23. The van der Waals surface area contributed by atoms with Gasteiger partial charge in [0, 0.05) is 24.6 Å². The van der Waals surface area contributed by atoms with Crippen molar-refractivity contribution < 1.29 is 24.7 Å². The number of anilines is 1. The maximum Gasteiger partial charge on any atom is 0.304 e. The Balaban J connectivity index is 2.19. The largest absolute Gasteiger partial charge is 0.481 e. The fraction of sp³-hybridized carbons (Fsp3) is 0.286. The van der Waals surface area contributed by atoms with Gasteiger partial charge in [0.1, 0.15) is 0 Å². The maximum absolute atomic E-state index is 12.9. The number of carbonyl (C=O) groups excluding carboxylic acids is 2. The number of nitrogens with one attached hydrogen (secondary N) is 1. The van der Waals surface area contributed by atoms with Crippen molar-refractivity contribution in [1.82, 2.24) is 5.48 Å². The Bertz CT molecular complexity index is 805. The molecule has 2 aromatic carbocycles. The summed E-state index contributed by atoms with van der Waals surface area (Å²) < 4.78 is 0. The zero-order chi connectivity index (χ0) is 20.5. The van der Waals surface area contributed by atoms with Crippen molar-refractivity contribution in [2.75, 3.05) is 11.4 Å². The Hall–Kier alpha value is -3.19. The number of hydrogen-bond donors (Lipinski definition) is 3. The van der Waals surface area contributed by atoms with Gasteiger partial charge in [0.2, 0.25) is 11.8 Å². The minimum absolute atomic E-state index is 0.0378. The van der Waals surface area contributed by atoms with Crippen LogP contribution in [0.4, 0.5) is 5.69 Å². The molecule has 7 nitrogen and oxygen atoms in total. The van der Waals surface area contributed by atoms with E-state index in [9.17, 15) is 14.4 Å². The van der Waals surface area contributed by atoms with Gasteiger partial charge in [-0.3, -0.25) is 19.6 Å². The molecule has 1 atom stereocenters. The molecular weight excluding hydrogens is 360 g/mol. The van der Waals surface area contributed by atoms with Gasteiger partial charge in [-0.25, -0.2) is 5.48 Å². The molecule has 2 rings (SSSR count). The van der Waals surface area contributed by atoms with Crippen LogP contribution in [-0.4, -0.2) is 34.6 Å². The highest BCUT2D eigenvalue weighted by molar-refractivity contribution is 5.97. The molecule has 2 aromatic rings. The number of nitrogens with zero attached hydrogens (tertiary/aromatic N) is 1. The Morgan fingerprint density at radius 3 is 2.14 bits per heavy atom. The molecule has 0 spiro atoms. The number of hydrogen-bond acceptors (Lipinski definition) is 4. The molecular formula is C21H24N2O5. The van der Waals surface area contributed by atoms with E-state index in [0.717, 1.165) is 11.1 Å². The summed E-state index contributed by atoms with van der Waals surface area (Å²) in [6.07, 6.45) is -0.475. The van der Waals surface area contributed by atoms with Gasteiger partial charge in [-0.2, -0.15) is 0 Å². The van der Waals surface area contributed by atoms with E-state index in [1.165, 1.54) is 10.4 Å². The lowest BCUT2D eigenvalue weighted by Gasteiger charge is -2.26. The summed E-state index contributed by atoms with van der Waals surface area (Å²) >= 11 is 0. The average molecular weight is 384 g/mol. The zero-order valence-electron chi connectivity index (χ0n) is 15.7. The first-order valence-corrected chi connectivity index (χ1v) is 9.07. The van der Waals surface area contributed by atoms with Crippen LogP contribution < -0.4 is 10.4 Å². The number of carboxylic acid groups (broad SMARTS) is 1. The normalized spacial score (nSPS) is 11.5. The standard InChI is InChI=1S/C21H24N2O5/c1-2-23(21(27)17(14-20(25)26)10-13-19(24)22-28)18-11-8-16(9-12-18)15-6-4-3-5-7-15/h3-9,11-12,17,28H,2,10,13-14H2,1H3,(H,22,24)(H,25,26). The Morgan fingerprint density at radius 2 is 1.61 bits per heavy atom. The van der Waals surface area contributed by atoms with E-state index in [2.05, 4.69) is 0 Å². The predicted octanol–water partition coefficient (Wildman–Crippen LogP) is 3.08. The van der Waals surface area contributed by atoms with Crippen LogP contribution in [0.25, 0.3) is 11.1 Å². The number of benzene rings is 2. The molecule has 0 aliphatic carbocycles. The van der Waals surface area contributed by atoms with Gasteiger partial charge in [-0.1, -0.05) is 42.5 Å². The molecule has 3 N–H and O–H groups in total. The number of hydroxylamine groups is 1. The van der Waals surface area contributed by atoms with Gasteiger partial charge >= 0.3 is 5.97 Å². The molecule has 0 heterocycles. The molecule has 1 unspecified atom stereocenters. The lowest BCUT2D eigenvalue weighted by molar-refractivity contribution is -0.141. The van der Waals surface area contributed by atoms with Crippen molar-refractivity contribution in [2.45, 2.75) is 26.2 Å². The van der Waals surface area contributed by atoms with Crippen LogP contribution in [0, 0.1) is 5.92 Å². The second-order valence-electron chi connectivity index (χ2n) is 6.36. The van der Waals surface area contributed by atoms with Crippen molar-refractivity contribution >= 4 is 23.5 Å². The topological polar surface area (TPSA) is 107 Å². The third-order valence-corrected chi connectivity index (χ3v) is 4.48. The summed E-state index contributed by atoms with van der Waals surface area (Å²) in [5, 5.41) is 17.7. The van der Waals surface area contributed by atoms with Crippen LogP contribution >= 0.6 is 0 Å². The molecule has 2 amide bonds. The van der Waals surface area contributed by atoms with Crippen LogP contribution in [0.15, 0.2) is 54.6 Å². The van der Waals surface area contributed by atoms with E-state index in [1.54, 1.807) is 6.92 Å². The number of carbonyl (C=O) groups is 3. The second-order valence-corrected chi connectivity index (χ2v) is 6.36. The molecule has 0 saturated carbocycles. The highest BCUT2D eigenvalue weighted by Gasteiger charge is 2.27. The Labute approximate surface area is 163 Å². The molecule has 28 heavy (non-hydrogen) atoms. The van der Waals surface area contributed by atoms with E-state index in [0.29, 0.717) is 12.2 Å². The van der Waals surface area contributed by atoms with Gasteiger partial charge < -0.3 is 10.0 Å². The number of rotatable bonds is 9. The van der Waals surface area contributed by atoms with Gasteiger partial charge in [0.25, 0.3) is 0 Å². The lowest BCUT2D eigenvalue weighted by Crippen LogP contribution is -2.37. The smallest absolute Gasteiger partial charge is 0.304 e. The molecule has 0 aromatic heterocycles. The molecule has 0 saturated heterocycles. The van der Waals surface area contributed by atoms with Crippen molar-refractivity contribution in [3.63, 3.8) is 0 Å². The van der Waals surface area contributed by atoms with E-state index >= 15 is 0 Å². The Morgan fingerprint density at radius 1 is 1.00 bits per heavy atom. The first-order chi connectivity index (χ1) is 13.5. The highest BCUT2D eigenvalue weighted by atomic mass is 16.5. The molecule has 148 valence electrons. The summed E-state index contributed by atoms with van der Waals surface area (Å²) in [7, 11) is 0. The first kappa shape index (κ1) is 21.1. The molecule has 7 heteroatoms. The number of amides is 2. The maximum atomic E-state index is 12.9. The summed E-state index contributed by atoms with van der Waals surface area (Å²) in [6, 6.07) is 17.3. The van der Waals surface area contributed by atoms with Crippen molar-refractivity contribution in [3.8, 4) is 11.1 Å². The summed E-state index contributed by atoms with van der Waals surface area (Å²) in [5.74, 6) is -2.98. The average Bonchev–Trinajstić information content (AvgIpc) is 2.72. The molecule has 0 radical (unpaired) electrons. The van der Waals surface area contributed by atoms with Gasteiger partial charge in [-0.15, -0.1) is 0 Å². The van der Waals surface area contributed by atoms with E-state index in [1.807, 2.05) is 54.6 Å². The molecule has 0 fully saturated rings. The molecule has 0 aliphatic rings.